The second-order valence-corrected chi connectivity index (χ2v) is 4.79. The zero-order valence-electron chi connectivity index (χ0n) is 11.3. The van der Waals surface area contributed by atoms with Crippen LogP contribution < -0.4 is 0 Å². The molecule has 1 amide bonds. The summed E-state index contributed by atoms with van der Waals surface area (Å²) in [5.74, 6) is -0.188. The topological polar surface area (TPSA) is 76.1 Å². The van der Waals surface area contributed by atoms with E-state index in [-0.39, 0.29) is 31.1 Å². The van der Waals surface area contributed by atoms with Gasteiger partial charge in [-0.05, 0) is 20.1 Å². The fourth-order valence-electron chi connectivity index (χ4n) is 1.82. The number of hydrogen-bond donors (Lipinski definition) is 1. The maximum atomic E-state index is 11.8. The van der Waals surface area contributed by atoms with Crippen LogP contribution >= 0.6 is 11.8 Å². The molecule has 1 N–H and O–H groups in total. The molecule has 108 valence electrons. The van der Waals surface area contributed by atoms with Crippen molar-refractivity contribution in [3.05, 3.63) is 11.3 Å². The summed E-state index contributed by atoms with van der Waals surface area (Å²) >= 11 is 1.47. The van der Waals surface area contributed by atoms with Crippen molar-refractivity contribution in [2.75, 3.05) is 31.8 Å². The largest absolute Gasteiger partial charge is 0.509 e. The first-order valence-electron chi connectivity index (χ1n) is 6.08. The van der Waals surface area contributed by atoms with Crippen LogP contribution in [0.25, 0.3) is 0 Å². The quantitative estimate of drug-likeness (QED) is 0.774. The maximum absolute atomic E-state index is 11.8. The third-order valence-corrected chi connectivity index (χ3v) is 3.33. The maximum Gasteiger partial charge on any atom is 0.410 e. The second kappa shape index (κ2) is 7.28. The van der Waals surface area contributed by atoms with Gasteiger partial charge in [0.1, 0.15) is 11.8 Å². The van der Waals surface area contributed by atoms with Crippen molar-refractivity contribution in [1.82, 2.24) is 4.90 Å². The summed E-state index contributed by atoms with van der Waals surface area (Å²) in [6.07, 6.45) is 1.33. The molecule has 1 rings (SSSR count). The van der Waals surface area contributed by atoms with Crippen molar-refractivity contribution >= 4 is 23.8 Å². The zero-order chi connectivity index (χ0) is 14.4. The summed E-state index contributed by atoms with van der Waals surface area (Å²) in [6, 6.07) is -0.534. The SMILES string of the molecule is CCOC(=O)C1=C(O)C(CSC)N(C(=O)OCC)C1. The van der Waals surface area contributed by atoms with Crippen LogP contribution in [0.4, 0.5) is 4.79 Å². The highest BCUT2D eigenvalue weighted by atomic mass is 32.2. The highest BCUT2D eigenvalue weighted by Crippen LogP contribution is 2.26. The van der Waals surface area contributed by atoms with E-state index in [1.54, 1.807) is 13.8 Å². The second-order valence-electron chi connectivity index (χ2n) is 3.88. The Morgan fingerprint density at radius 1 is 1.37 bits per heavy atom. The van der Waals surface area contributed by atoms with Crippen molar-refractivity contribution in [3.8, 4) is 0 Å². The van der Waals surface area contributed by atoms with Gasteiger partial charge in [0.05, 0.1) is 25.3 Å². The first-order chi connectivity index (χ1) is 9.06. The van der Waals surface area contributed by atoms with E-state index >= 15 is 0 Å². The van der Waals surface area contributed by atoms with E-state index in [0.717, 1.165) is 0 Å². The van der Waals surface area contributed by atoms with E-state index < -0.39 is 18.1 Å². The normalized spacial score (nSPS) is 18.7. The standard InChI is InChI=1S/C12H19NO5S/c1-4-17-11(15)8-6-13(12(16)18-5-2)9(7-19-3)10(8)14/h9,14H,4-7H2,1-3H3. The van der Waals surface area contributed by atoms with E-state index in [0.29, 0.717) is 5.75 Å². The molecule has 1 unspecified atom stereocenters. The number of ether oxygens (including phenoxy) is 2. The lowest BCUT2D eigenvalue weighted by molar-refractivity contribution is -0.138. The Morgan fingerprint density at radius 2 is 2.00 bits per heavy atom. The van der Waals surface area contributed by atoms with Crippen LogP contribution in [0.3, 0.4) is 0 Å². The molecule has 0 saturated carbocycles. The van der Waals surface area contributed by atoms with Gasteiger partial charge in [-0.25, -0.2) is 9.59 Å². The van der Waals surface area contributed by atoms with E-state index in [4.69, 9.17) is 9.47 Å². The van der Waals surface area contributed by atoms with Gasteiger partial charge in [0.2, 0.25) is 0 Å². The summed E-state index contributed by atoms with van der Waals surface area (Å²) in [4.78, 5) is 24.9. The monoisotopic (exact) mass is 289 g/mol. The molecule has 1 heterocycles. The predicted molar refractivity (Wildman–Crippen MR) is 72.2 cm³/mol. The number of carbonyl (C=O) groups is 2. The van der Waals surface area contributed by atoms with Gasteiger partial charge in [0.15, 0.2) is 0 Å². The van der Waals surface area contributed by atoms with Crippen LogP contribution in [0.1, 0.15) is 13.8 Å². The Hall–Kier alpha value is -1.37. The number of carbonyl (C=O) groups excluding carboxylic acids is 2. The number of esters is 1. The molecule has 0 aromatic carbocycles. The van der Waals surface area contributed by atoms with Gasteiger partial charge in [-0.3, -0.25) is 4.90 Å². The number of amides is 1. The summed E-state index contributed by atoms with van der Waals surface area (Å²) in [5.41, 5.74) is 0.133. The number of rotatable bonds is 5. The van der Waals surface area contributed by atoms with Crippen molar-refractivity contribution in [1.29, 1.82) is 0 Å². The van der Waals surface area contributed by atoms with Crippen molar-refractivity contribution < 1.29 is 24.2 Å². The highest BCUT2D eigenvalue weighted by molar-refractivity contribution is 7.98. The molecule has 0 bridgehead atoms. The molecule has 0 aromatic heterocycles. The summed E-state index contributed by atoms with van der Waals surface area (Å²) < 4.78 is 9.79. The average molecular weight is 289 g/mol. The van der Waals surface area contributed by atoms with Gasteiger partial charge in [-0.2, -0.15) is 11.8 Å². The molecule has 0 spiro atoms. The van der Waals surface area contributed by atoms with E-state index in [1.165, 1.54) is 16.7 Å². The number of nitrogens with zero attached hydrogens (tertiary/aromatic N) is 1. The Bertz CT molecular complexity index is 382. The van der Waals surface area contributed by atoms with Gasteiger partial charge in [0, 0.05) is 5.75 Å². The molecule has 1 atom stereocenters. The molecule has 0 aromatic rings. The van der Waals surface area contributed by atoms with E-state index in [1.807, 2.05) is 6.26 Å². The predicted octanol–water partition coefficient (Wildman–Crippen LogP) is 1.57. The number of aliphatic hydroxyl groups is 1. The Kier molecular flexibility index (Phi) is 6.01. The van der Waals surface area contributed by atoms with Gasteiger partial charge in [-0.15, -0.1) is 0 Å². The Balaban J connectivity index is 2.89. The minimum Gasteiger partial charge on any atom is -0.509 e. The molecule has 0 aliphatic carbocycles. The molecule has 0 fully saturated rings. The summed E-state index contributed by atoms with van der Waals surface area (Å²) in [6.45, 7) is 3.89. The average Bonchev–Trinajstić information content (AvgIpc) is 2.69. The van der Waals surface area contributed by atoms with Gasteiger partial charge in [-0.1, -0.05) is 0 Å². The van der Waals surface area contributed by atoms with Gasteiger partial charge >= 0.3 is 12.1 Å². The third kappa shape index (κ3) is 3.56. The lowest BCUT2D eigenvalue weighted by Gasteiger charge is -2.23. The minimum absolute atomic E-state index is 0.0225. The van der Waals surface area contributed by atoms with Crippen molar-refractivity contribution in [2.45, 2.75) is 19.9 Å². The van der Waals surface area contributed by atoms with Gasteiger partial charge < -0.3 is 14.6 Å². The molecular weight excluding hydrogens is 270 g/mol. The first kappa shape index (κ1) is 15.7. The Labute approximate surface area is 116 Å². The van der Waals surface area contributed by atoms with Crippen LogP contribution in [0.15, 0.2) is 11.3 Å². The Morgan fingerprint density at radius 3 is 2.53 bits per heavy atom. The fourth-order valence-corrected chi connectivity index (χ4v) is 2.48. The molecule has 1 aliphatic heterocycles. The minimum atomic E-state index is -0.585. The van der Waals surface area contributed by atoms with Gasteiger partial charge in [0.25, 0.3) is 0 Å². The fraction of sp³-hybridized carbons (Fsp3) is 0.667. The molecule has 7 heteroatoms. The lowest BCUT2D eigenvalue weighted by atomic mass is 10.2. The highest BCUT2D eigenvalue weighted by Gasteiger charge is 2.39. The third-order valence-electron chi connectivity index (χ3n) is 2.68. The van der Waals surface area contributed by atoms with E-state index in [9.17, 15) is 14.7 Å². The molecular formula is C12H19NO5S. The van der Waals surface area contributed by atoms with Crippen LogP contribution in [0.2, 0.25) is 0 Å². The molecule has 19 heavy (non-hydrogen) atoms. The van der Waals surface area contributed by atoms with Crippen LogP contribution in [-0.4, -0.2) is 59.9 Å². The summed E-state index contributed by atoms with van der Waals surface area (Å²) in [7, 11) is 0. The summed E-state index contributed by atoms with van der Waals surface area (Å²) in [5, 5.41) is 10.1. The number of hydrogen-bond acceptors (Lipinski definition) is 6. The van der Waals surface area contributed by atoms with Crippen LogP contribution in [-0.2, 0) is 14.3 Å². The number of aliphatic hydroxyl groups excluding tert-OH is 1. The molecule has 0 saturated heterocycles. The lowest BCUT2D eigenvalue weighted by Crippen LogP contribution is -2.39. The van der Waals surface area contributed by atoms with E-state index in [2.05, 4.69) is 0 Å². The smallest absolute Gasteiger partial charge is 0.410 e. The van der Waals surface area contributed by atoms with Crippen molar-refractivity contribution in [3.63, 3.8) is 0 Å². The molecule has 0 radical (unpaired) electrons. The zero-order valence-corrected chi connectivity index (χ0v) is 12.2. The first-order valence-corrected chi connectivity index (χ1v) is 7.47. The van der Waals surface area contributed by atoms with Crippen LogP contribution in [0.5, 0.6) is 0 Å². The number of thioether (sulfide) groups is 1. The molecule has 6 nitrogen and oxygen atoms in total. The van der Waals surface area contributed by atoms with Crippen molar-refractivity contribution in [2.24, 2.45) is 0 Å². The molecule has 1 aliphatic rings. The van der Waals surface area contributed by atoms with Crippen LogP contribution in [0, 0.1) is 0 Å².